The highest BCUT2D eigenvalue weighted by Crippen LogP contribution is 2.35. The highest BCUT2D eigenvalue weighted by atomic mass is 16.5. The molecule has 1 amide bonds. The highest BCUT2D eigenvalue weighted by Gasteiger charge is 2.40. The summed E-state index contributed by atoms with van der Waals surface area (Å²) in [5.74, 6) is 0.132. The molecule has 0 spiro atoms. The van der Waals surface area contributed by atoms with Crippen LogP contribution < -0.4 is 5.32 Å². The molecule has 0 aromatic carbocycles. The minimum absolute atomic E-state index is 0.00158. The van der Waals surface area contributed by atoms with E-state index in [0.717, 1.165) is 19.3 Å². The summed E-state index contributed by atoms with van der Waals surface area (Å²) in [5.41, 5.74) is -0.524. The van der Waals surface area contributed by atoms with Crippen molar-refractivity contribution in [2.45, 2.75) is 57.4 Å². The molecule has 1 aromatic heterocycles. The standard InChI is InChI=1S/C13H19N3O4/c1-9-14-11(20-16-9)5-2-4-10(17)15-13(6-3-7-13)8-12(18)19/h2-8H2,1H3,(H,15,17)(H,18,19). The van der Waals surface area contributed by atoms with Crippen LogP contribution in [0.15, 0.2) is 4.52 Å². The lowest BCUT2D eigenvalue weighted by Crippen LogP contribution is -2.54. The smallest absolute Gasteiger partial charge is 0.305 e. The average molecular weight is 281 g/mol. The lowest BCUT2D eigenvalue weighted by molar-refractivity contribution is -0.140. The van der Waals surface area contributed by atoms with Gasteiger partial charge in [-0.05, 0) is 32.6 Å². The van der Waals surface area contributed by atoms with Crippen molar-refractivity contribution in [2.24, 2.45) is 0 Å². The molecule has 1 saturated carbocycles. The van der Waals surface area contributed by atoms with Gasteiger partial charge in [-0.15, -0.1) is 0 Å². The van der Waals surface area contributed by atoms with E-state index in [4.69, 9.17) is 9.63 Å². The number of aryl methyl sites for hydroxylation is 2. The van der Waals surface area contributed by atoms with Gasteiger partial charge < -0.3 is 14.9 Å². The number of nitrogens with one attached hydrogen (secondary N) is 1. The van der Waals surface area contributed by atoms with E-state index in [1.54, 1.807) is 6.92 Å². The maximum Gasteiger partial charge on any atom is 0.305 e. The van der Waals surface area contributed by atoms with E-state index in [2.05, 4.69) is 15.5 Å². The topological polar surface area (TPSA) is 105 Å². The van der Waals surface area contributed by atoms with Crippen LogP contribution in [0.25, 0.3) is 0 Å². The Kier molecular flexibility index (Phi) is 4.36. The fourth-order valence-electron chi connectivity index (χ4n) is 2.44. The van der Waals surface area contributed by atoms with Gasteiger partial charge in [0.2, 0.25) is 11.8 Å². The lowest BCUT2D eigenvalue weighted by atomic mass is 9.74. The Bertz CT molecular complexity index is 494. The number of rotatable bonds is 7. The second kappa shape index (κ2) is 6.02. The quantitative estimate of drug-likeness (QED) is 0.778. The number of carbonyl (C=O) groups excluding carboxylic acids is 1. The first-order valence-electron chi connectivity index (χ1n) is 6.81. The maximum absolute atomic E-state index is 11.9. The predicted molar refractivity (Wildman–Crippen MR) is 69.0 cm³/mol. The number of nitrogens with zero attached hydrogens (tertiary/aromatic N) is 2. The molecule has 1 aromatic rings. The van der Waals surface area contributed by atoms with Crippen molar-refractivity contribution in [2.75, 3.05) is 0 Å². The van der Waals surface area contributed by atoms with Gasteiger partial charge in [0.05, 0.1) is 12.0 Å². The third kappa shape index (κ3) is 3.79. The molecule has 20 heavy (non-hydrogen) atoms. The van der Waals surface area contributed by atoms with Crippen LogP contribution >= 0.6 is 0 Å². The molecule has 0 aliphatic heterocycles. The fraction of sp³-hybridized carbons (Fsp3) is 0.692. The van der Waals surface area contributed by atoms with Gasteiger partial charge in [-0.3, -0.25) is 9.59 Å². The molecule has 7 nitrogen and oxygen atoms in total. The number of carboxylic acid groups (broad SMARTS) is 1. The number of hydrogen-bond acceptors (Lipinski definition) is 5. The first-order chi connectivity index (χ1) is 9.49. The number of carboxylic acids is 1. The van der Waals surface area contributed by atoms with E-state index in [-0.39, 0.29) is 12.3 Å². The minimum atomic E-state index is -0.869. The molecule has 0 unspecified atom stereocenters. The van der Waals surface area contributed by atoms with Crippen molar-refractivity contribution < 1.29 is 19.2 Å². The van der Waals surface area contributed by atoms with Crippen LogP contribution in [-0.2, 0) is 16.0 Å². The van der Waals surface area contributed by atoms with Crippen molar-refractivity contribution in [3.8, 4) is 0 Å². The Hall–Kier alpha value is -1.92. The zero-order valence-corrected chi connectivity index (χ0v) is 11.5. The molecule has 1 aliphatic rings. The zero-order valence-electron chi connectivity index (χ0n) is 11.5. The third-order valence-corrected chi connectivity index (χ3v) is 3.57. The van der Waals surface area contributed by atoms with Gasteiger partial charge in [0.25, 0.3) is 0 Å². The molecule has 2 rings (SSSR count). The van der Waals surface area contributed by atoms with E-state index in [0.29, 0.717) is 31.0 Å². The van der Waals surface area contributed by atoms with E-state index in [1.165, 1.54) is 0 Å². The summed E-state index contributed by atoms with van der Waals surface area (Å²) in [5, 5.41) is 15.4. The predicted octanol–water partition coefficient (Wildman–Crippen LogP) is 1.21. The summed E-state index contributed by atoms with van der Waals surface area (Å²) in [6.07, 6.45) is 3.96. The summed E-state index contributed by atoms with van der Waals surface area (Å²) in [7, 11) is 0. The lowest BCUT2D eigenvalue weighted by Gasteiger charge is -2.41. The SMILES string of the molecule is Cc1noc(CCCC(=O)NC2(CC(=O)O)CCC2)n1. The summed E-state index contributed by atoms with van der Waals surface area (Å²) in [4.78, 5) is 26.7. The van der Waals surface area contributed by atoms with Crippen molar-refractivity contribution >= 4 is 11.9 Å². The van der Waals surface area contributed by atoms with Crippen LogP contribution in [0, 0.1) is 6.92 Å². The van der Waals surface area contributed by atoms with Gasteiger partial charge in [0.1, 0.15) is 0 Å². The summed E-state index contributed by atoms with van der Waals surface area (Å²) >= 11 is 0. The Labute approximate surface area is 116 Å². The number of carbonyl (C=O) groups is 2. The highest BCUT2D eigenvalue weighted by molar-refractivity contribution is 5.78. The van der Waals surface area contributed by atoms with Crippen LogP contribution in [0.2, 0.25) is 0 Å². The first-order valence-corrected chi connectivity index (χ1v) is 6.81. The summed E-state index contributed by atoms with van der Waals surface area (Å²) in [6.45, 7) is 1.74. The van der Waals surface area contributed by atoms with Crippen LogP contribution in [0.5, 0.6) is 0 Å². The summed E-state index contributed by atoms with van der Waals surface area (Å²) < 4.78 is 4.96. The van der Waals surface area contributed by atoms with Gasteiger partial charge in [-0.1, -0.05) is 5.16 Å². The van der Waals surface area contributed by atoms with Crippen LogP contribution in [0.4, 0.5) is 0 Å². The number of amides is 1. The molecule has 2 N–H and O–H groups in total. The van der Waals surface area contributed by atoms with Crippen molar-refractivity contribution in [3.05, 3.63) is 11.7 Å². The summed E-state index contributed by atoms with van der Waals surface area (Å²) in [6, 6.07) is 0. The number of aliphatic carboxylic acids is 1. The van der Waals surface area contributed by atoms with Crippen molar-refractivity contribution in [1.82, 2.24) is 15.5 Å². The van der Waals surface area contributed by atoms with Crippen molar-refractivity contribution in [1.29, 1.82) is 0 Å². The van der Waals surface area contributed by atoms with Crippen molar-refractivity contribution in [3.63, 3.8) is 0 Å². The van der Waals surface area contributed by atoms with E-state index in [9.17, 15) is 9.59 Å². The third-order valence-electron chi connectivity index (χ3n) is 3.57. The van der Waals surface area contributed by atoms with Crippen LogP contribution in [-0.4, -0.2) is 32.7 Å². The van der Waals surface area contributed by atoms with Gasteiger partial charge in [-0.25, -0.2) is 0 Å². The van der Waals surface area contributed by atoms with E-state index >= 15 is 0 Å². The molecule has 110 valence electrons. The molecule has 1 heterocycles. The second-order valence-electron chi connectivity index (χ2n) is 5.34. The maximum atomic E-state index is 11.9. The molecular weight excluding hydrogens is 262 g/mol. The van der Waals surface area contributed by atoms with Crippen LogP contribution in [0.3, 0.4) is 0 Å². The molecule has 1 fully saturated rings. The van der Waals surface area contributed by atoms with Gasteiger partial charge in [-0.2, -0.15) is 4.98 Å². The van der Waals surface area contributed by atoms with Gasteiger partial charge in [0.15, 0.2) is 5.82 Å². The molecule has 1 aliphatic carbocycles. The minimum Gasteiger partial charge on any atom is -0.481 e. The number of hydrogen-bond donors (Lipinski definition) is 2. The largest absolute Gasteiger partial charge is 0.481 e. The first kappa shape index (κ1) is 14.5. The van der Waals surface area contributed by atoms with Crippen LogP contribution in [0.1, 0.15) is 50.2 Å². The Balaban J connectivity index is 1.73. The van der Waals surface area contributed by atoms with Gasteiger partial charge in [0, 0.05) is 12.8 Å². The molecule has 7 heteroatoms. The second-order valence-corrected chi connectivity index (χ2v) is 5.34. The van der Waals surface area contributed by atoms with E-state index < -0.39 is 11.5 Å². The fourth-order valence-corrected chi connectivity index (χ4v) is 2.44. The molecule has 0 radical (unpaired) electrons. The Morgan fingerprint density at radius 3 is 2.70 bits per heavy atom. The monoisotopic (exact) mass is 281 g/mol. The average Bonchev–Trinajstić information content (AvgIpc) is 2.71. The zero-order chi connectivity index (χ0) is 14.6. The number of aromatic nitrogens is 2. The van der Waals surface area contributed by atoms with E-state index in [1.807, 2.05) is 0 Å². The Morgan fingerprint density at radius 2 is 2.20 bits per heavy atom. The Morgan fingerprint density at radius 1 is 1.45 bits per heavy atom. The van der Waals surface area contributed by atoms with Gasteiger partial charge >= 0.3 is 5.97 Å². The molecular formula is C13H19N3O4. The molecule has 0 atom stereocenters. The molecule has 0 bridgehead atoms. The normalized spacial score (nSPS) is 16.4. The molecule has 0 saturated heterocycles.